The van der Waals surface area contributed by atoms with Crippen LogP contribution in [0.15, 0.2) is 29.6 Å². The van der Waals surface area contributed by atoms with Gasteiger partial charge in [-0.2, -0.15) is 0 Å². The lowest BCUT2D eigenvalue weighted by Gasteiger charge is -2.35. The zero-order valence-corrected chi connectivity index (χ0v) is 15.3. The number of carbonyl (C=O) groups excluding carboxylic acids is 1. The summed E-state index contributed by atoms with van der Waals surface area (Å²) in [5.41, 5.74) is 1.75. The van der Waals surface area contributed by atoms with Crippen LogP contribution in [0.5, 0.6) is 5.75 Å². The number of aryl methyl sites for hydroxylation is 1. The van der Waals surface area contributed by atoms with Gasteiger partial charge in [0.25, 0.3) is 5.91 Å². The second kappa shape index (κ2) is 7.34. The third-order valence-corrected chi connectivity index (χ3v) is 5.23. The van der Waals surface area contributed by atoms with Gasteiger partial charge in [-0.15, -0.1) is 11.3 Å². The Bertz CT molecular complexity index is 686. The fourth-order valence-electron chi connectivity index (χ4n) is 3.32. The number of carbonyl (C=O) groups is 1. The molecule has 1 aliphatic rings. The molecule has 2 aromatic rings. The van der Waals surface area contributed by atoms with Crippen molar-refractivity contribution in [1.29, 1.82) is 0 Å². The van der Waals surface area contributed by atoms with Gasteiger partial charge in [-0.25, -0.2) is 4.98 Å². The average molecular weight is 344 g/mol. The fraction of sp³-hybridized carbons (Fsp3) is 0.474. The summed E-state index contributed by atoms with van der Waals surface area (Å²) >= 11 is 1.60. The minimum atomic E-state index is 0.121. The molecular weight excluding hydrogens is 320 g/mol. The number of rotatable bonds is 4. The predicted molar refractivity (Wildman–Crippen MR) is 96.5 cm³/mol. The Morgan fingerprint density at radius 2 is 1.92 bits per heavy atom. The standard InChI is InChI=1S/C19H24N2O2S/c1-13-8-14(2)10-21(9-13)19(22)16-4-6-17(7-5-16)23-11-18-20-15(3)12-24-18/h4-7,12-14H,8-11H2,1-3H3. The van der Waals surface area contributed by atoms with Crippen molar-refractivity contribution in [1.82, 2.24) is 9.88 Å². The van der Waals surface area contributed by atoms with E-state index in [4.69, 9.17) is 4.74 Å². The summed E-state index contributed by atoms with van der Waals surface area (Å²) < 4.78 is 5.74. The molecule has 0 spiro atoms. The van der Waals surface area contributed by atoms with Crippen molar-refractivity contribution in [3.63, 3.8) is 0 Å². The SMILES string of the molecule is Cc1csc(COc2ccc(C(=O)N3CC(C)CC(C)C3)cc2)n1. The van der Waals surface area contributed by atoms with E-state index in [2.05, 4.69) is 18.8 Å². The number of hydrogen-bond donors (Lipinski definition) is 0. The molecule has 128 valence electrons. The molecule has 2 atom stereocenters. The first-order chi connectivity index (χ1) is 11.5. The van der Waals surface area contributed by atoms with Crippen molar-refractivity contribution in [3.05, 3.63) is 45.9 Å². The number of likely N-dealkylation sites (tertiary alicyclic amines) is 1. The van der Waals surface area contributed by atoms with Crippen molar-refractivity contribution in [2.45, 2.75) is 33.8 Å². The number of ether oxygens (including phenoxy) is 1. The molecule has 4 nitrogen and oxygen atoms in total. The van der Waals surface area contributed by atoms with Crippen LogP contribution in [0, 0.1) is 18.8 Å². The van der Waals surface area contributed by atoms with Crippen LogP contribution >= 0.6 is 11.3 Å². The molecule has 3 rings (SSSR count). The predicted octanol–water partition coefficient (Wildman–Crippen LogP) is 4.15. The summed E-state index contributed by atoms with van der Waals surface area (Å²) in [7, 11) is 0. The second-order valence-electron chi connectivity index (χ2n) is 6.85. The molecule has 0 N–H and O–H groups in total. The molecule has 1 aromatic carbocycles. The van der Waals surface area contributed by atoms with Gasteiger partial charge in [-0.05, 0) is 49.4 Å². The van der Waals surface area contributed by atoms with Gasteiger partial charge < -0.3 is 9.64 Å². The van der Waals surface area contributed by atoms with Crippen LogP contribution in [-0.2, 0) is 6.61 Å². The van der Waals surface area contributed by atoms with E-state index in [1.54, 1.807) is 11.3 Å². The van der Waals surface area contributed by atoms with E-state index in [-0.39, 0.29) is 5.91 Å². The summed E-state index contributed by atoms with van der Waals surface area (Å²) in [6.07, 6.45) is 1.20. The number of piperidine rings is 1. The van der Waals surface area contributed by atoms with Crippen LogP contribution in [0.3, 0.4) is 0 Å². The lowest BCUT2D eigenvalue weighted by Crippen LogP contribution is -2.42. The van der Waals surface area contributed by atoms with Crippen molar-refractivity contribution >= 4 is 17.2 Å². The third-order valence-electron chi connectivity index (χ3n) is 4.29. The van der Waals surface area contributed by atoms with Crippen molar-refractivity contribution in [2.75, 3.05) is 13.1 Å². The topological polar surface area (TPSA) is 42.4 Å². The molecule has 1 fully saturated rings. The van der Waals surface area contributed by atoms with E-state index in [0.29, 0.717) is 18.4 Å². The molecule has 1 aliphatic heterocycles. The highest BCUT2D eigenvalue weighted by Gasteiger charge is 2.26. The first-order valence-electron chi connectivity index (χ1n) is 8.44. The van der Waals surface area contributed by atoms with Crippen LogP contribution in [0.4, 0.5) is 0 Å². The number of nitrogens with zero attached hydrogens (tertiary/aromatic N) is 2. The van der Waals surface area contributed by atoms with Crippen molar-refractivity contribution in [3.8, 4) is 5.75 Å². The fourth-order valence-corrected chi connectivity index (χ4v) is 4.00. The highest BCUT2D eigenvalue weighted by atomic mass is 32.1. The van der Waals surface area contributed by atoms with Crippen molar-refractivity contribution in [2.24, 2.45) is 11.8 Å². The molecule has 2 unspecified atom stereocenters. The number of hydrogen-bond acceptors (Lipinski definition) is 4. The molecule has 0 aliphatic carbocycles. The summed E-state index contributed by atoms with van der Waals surface area (Å²) in [5.74, 6) is 2.03. The van der Waals surface area contributed by atoms with Crippen LogP contribution in [0.25, 0.3) is 0 Å². The Kier molecular flexibility index (Phi) is 5.19. The zero-order valence-electron chi connectivity index (χ0n) is 14.5. The Labute approximate surface area is 147 Å². The van der Waals surface area contributed by atoms with E-state index in [1.807, 2.05) is 41.5 Å². The molecule has 24 heavy (non-hydrogen) atoms. The normalized spacial score (nSPS) is 20.9. The quantitative estimate of drug-likeness (QED) is 0.837. The maximum absolute atomic E-state index is 12.7. The van der Waals surface area contributed by atoms with E-state index in [1.165, 1.54) is 6.42 Å². The molecule has 0 radical (unpaired) electrons. The first-order valence-corrected chi connectivity index (χ1v) is 9.32. The molecule has 1 aromatic heterocycles. The van der Waals surface area contributed by atoms with E-state index < -0.39 is 0 Å². The molecule has 1 saturated heterocycles. The number of thiazole rings is 1. The molecule has 1 amide bonds. The molecule has 5 heteroatoms. The summed E-state index contributed by atoms with van der Waals surface area (Å²) in [6, 6.07) is 7.44. The third kappa shape index (κ3) is 4.15. The Balaban J connectivity index is 1.60. The van der Waals surface area contributed by atoms with E-state index in [0.717, 1.165) is 35.1 Å². The minimum Gasteiger partial charge on any atom is -0.486 e. The lowest BCUT2D eigenvalue weighted by molar-refractivity contribution is 0.0623. The van der Waals surface area contributed by atoms with Gasteiger partial charge in [0, 0.05) is 29.7 Å². The first kappa shape index (κ1) is 17.0. The smallest absolute Gasteiger partial charge is 0.253 e. The van der Waals surface area contributed by atoms with E-state index in [9.17, 15) is 4.79 Å². The Morgan fingerprint density at radius 3 is 2.50 bits per heavy atom. The number of amides is 1. The van der Waals surface area contributed by atoms with Gasteiger partial charge in [0.1, 0.15) is 17.4 Å². The summed E-state index contributed by atoms with van der Waals surface area (Å²) in [6.45, 7) is 8.58. The van der Waals surface area contributed by atoms with Gasteiger partial charge in [-0.1, -0.05) is 13.8 Å². The maximum atomic E-state index is 12.7. The van der Waals surface area contributed by atoms with Crippen LogP contribution in [-0.4, -0.2) is 28.9 Å². The van der Waals surface area contributed by atoms with Crippen LogP contribution in [0.2, 0.25) is 0 Å². The summed E-state index contributed by atoms with van der Waals surface area (Å²) in [4.78, 5) is 19.0. The number of benzene rings is 1. The molecule has 0 saturated carbocycles. The largest absolute Gasteiger partial charge is 0.486 e. The zero-order chi connectivity index (χ0) is 17.1. The van der Waals surface area contributed by atoms with E-state index >= 15 is 0 Å². The van der Waals surface area contributed by atoms with Crippen LogP contribution < -0.4 is 4.74 Å². The Hall–Kier alpha value is -1.88. The minimum absolute atomic E-state index is 0.121. The Morgan fingerprint density at radius 1 is 1.25 bits per heavy atom. The van der Waals surface area contributed by atoms with Gasteiger partial charge in [0.15, 0.2) is 0 Å². The lowest BCUT2D eigenvalue weighted by atomic mass is 9.91. The highest BCUT2D eigenvalue weighted by Crippen LogP contribution is 2.23. The monoisotopic (exact) mass is 344 g/mol. The van der Waals surface area contributed by atoms with Crippen LogP contribution in [0.1, 0.15) is 41.3 Å². The second-order valence-corrected chi connectivity index (χ2v) is 7.79. The van der Waals surface area contributed by atoms with Crippen molar-refractivity contribution < 1.29 is 9.53 Å². The average Bonchev–Trinajstić information content (AvgIpc) is 2.97. The maximum Gasteiger partial charge on any atom is 0.253 e. The number of aromatic nitrogens is 1. The van der Waals surface area contributed by atoms with Gasteiger partial charge >= 0.3 is 0 Å². The van der Waals surface area contributed by atoms with Gasteiger partial charge in [-0.3, -0.25) is 4.79 Å². The molecule has 2 heterocycles. The van der Waals surface area contributed by atoms with Gasteiger partial charge in [0.05, 0.1) is 0 Å². The molecule has 0 bridgehead atoms. The summed E-state index contributed by atoms with van der Waals surface area (Å²) in [5, 5.41) is 2.98. The highest BCUT2D eigenvalue weighted by molar-refractivity contribution is 7.09. The molecular formula is C19H24N2O2S. The van der Waals surface area contributed by atoms with Gasteiger partial charge in [0.2, 0.25) is 0 Å².